The van der Waals surface area contributed by atoms with E-state index in [1.165, 1.54) is 38.5 Å². The van der Waals surface area contributed by atoms with Gasteiger partial charge in [-0.3, -0.25) is 4.99 Å². The molecule has 4 fully saturated rings. The maximum atomic E-state index is 10.6. The number of hydrogen-bond donors (Lipinski definition) is 1. The van der Waals surface area contributed by atoms with Crippen LogP contribution in [-0.4, -0.2) is 23.5 Å². The van der Waals surface area contributed by atoms with Crippen LogP contribution in [0.2, 0.25) is 0 Å². The maximum absolute atomic E-state index is 10.6. The molecule has 0 aromatic heterocycles. The first kappa shape index (κ1) is 16.9. The van der Waals surface area contributed by atoms with Crippen LogP contribution in [0, 0.1) is 17.8 Å². The van der Waals surface area contributed by atoms with E-state index in [1.807, 2.05) is 13.1 Å². The van der Waals surface area contributed by atoms with Crippen LogP contribution in [0.5, 0.6) is 11.5 Å². The largest absolute Gasteiger partial charge is 0.504 e. The summed E-state index contributed by atoms with van der Waals surface area (Å²) in [5.74, 6) is 3.27. The van der Waals surface area contributed by atoms with E-state index in [1.54, 1.807) is 6.07 Å². The van der Waals surface area contributed by atoms with Gasteiger partial charge in [0.1, 0.15) is 0 Å². The molecule has 0 radical (unpaired) electrons. The summed E-state index contributed by atoms with van der Waals surface area (Å²) in [4.78, 5) is 5.06. The number of aliphatic imine (C=N–C) groups is 1. The summed E-state index contributed by atoms with van der Waals surface area (Å²) in [6, 6.07) is 1.80. The fourth-order valence-corrected chi connectivity index (χ4v) is 6.25. The van der Waals surface area contributed by atoms with Crippen molar-refractivity contribution in [3.63, 3.8) is 0 Å². The van der Waals surface area contributed by atoms with Crippen LogP contribution < -0.4 is 4.74 Å². The highest BCUT2D eigenvalue weighted by Gasteiger charge is 2.50. The number of rotatable bonds is 4. The Morgan fingerprint density at radius 1 is 1.21 bits per heavy atom. The van der Waals surface area contributed by atoms with Gasteiger partial charge in [0.2, 0.25) is 0 Å². The van der Waals surface area contributed by atoms with Gasteiger partial charge in [-0.05, 0) is 101 Å². The molecular formula is C19H23Br2NO2. The average Bonchev–Trinajstić information content (AvgIpc) is 2.51. The Labute approximate surface area is 160 Å². The summed E-state index contributed by atoms with van der Waals surface area (Å²) >= 11 is 7.11. The summed E-state index contributed by atoms with van der Waals surface area (Å²) in [5.41, 5.74) is 0.818. The Morgan fingerprint density at radius 3 is 2.33 bits per heavy atom. The third kappa shape index (κ3) is 2.92. The predicted octanol–water partition coefficient (Wildman–Crippen LogP) is 5.70. The van der Waals surface area contributed by atoms with Crippen LogP contribution in [0.1, 0.15) is 51.0 Å². The van der Waals surface area contributed by atoms with Crippen LogP contribution in [0.4, 0.5) is 0 Å². The molecule has 4 aliphatic carbocycles. The summed E-state index contributed by atoms with van der Waals surface area (Å²) in [6.07, 6.45) is 9.78. The molecule has 4 aliphatic rings. The quantitative estimate of drug-likeness (QED) is 0.590. The monoisotopic (exact) mass is 455 g/mol. The van der Waals surface area contributed by atoms with Gasteiger partial charge in [-0.25, -0.2) is 0 Å². The van der Waals surface area contributed by atoms with Crippen molar-refractivity contribution < 1.29 is 9.84 Å². The molecule has 0 saturated heterocycles. The number of benzene rings is 1. The van der Waals surface area contributed by atoms with Gasteiger partial charge in [-0.15, -0.1) is 0 Å². The second-order valence-corrected chi connectivity index (χ2v) is 9.41. The number of halogens is 2. The fraction of sp³-hybridized carbons (Fsp3) is 0.632. The minimum atomic E-state index is 0.106. The van der Waals surface area contributed by atoms with Crippen molar-refractivity contribution in [1.82, 2.24) is 0 Å². The van der Waals surface area contributed by atoms with E-state index in [0.29, 0.717) is 17.9 Å². The first-order valence-electron chi connectivity index (χ1n) is 8.88. The number of nitrogens with zero attached hydrogens (tertiary/aromatic N) is 1. The summed E-state index contributed by atoms with van der Waals surface area (Å²) in [5, 5.41) is 10.6. The van der Waals surface area contributed by atoms with E-state index in [4.69, 9.17) is 9.73 Å². The normalized spacial score (nSPS) is 34.2. The first-order valence-corrected chi connectivity index (χ1v) is 10.5. The lowest BCUT2D eigenvalue weighted by Gasteiger charge is -2.55. The lowest BCUT2D eigenvalue weighted by molar-refractivity contribution is 0.00194. The molecule has 1 aromatic carbocycles. The maximum Gasteiger partial charge on any atom is 0.167 e. The van der Waals surface area contributed by atoms with Crippen molar-refractivity contribution in [3.8, 4) is 11.5 Å². The number of aromatic hydroxyl groups is 1. The van der Waals surface area contributed by atoms with Gasteiger partial charge >= 0.3 is 0 Å². The van der Waals surface area contributed by atoms with E-state index in [9.17, 15) is 5.11 Å². The predicted molar refractivity (Wildman–Crippen MR) is 103 cm³/mol. The minimum Gasteiger partial charge on any atom is -0.504 e. The van der Waals surface area contributed by atoms with E-state index in [-0.39, 0.29) is 11.3 Å². The van der Waals surface area contributed by atoms with Crippen molar-refractivity contribution in [2.75, 3.05) is 6.61 Å². The van der Waals surface area contributed by atoms with Crippen LogP contribution >= 0.6 is 31.9 Å². The first-order chi connectivity index (χ1) is 11.5. The highest BCUT2D eigenvalue weighted by atomic mass is 79.9. The molecule has 0 unspecified atom stereocenters. The molecule has 5 heteroatoms. The van der Waals surface area contributed by atoms with Gasteiger partial charge in [0.25, 0.3) is 0 Å². The summed E-state index contributed by atoms with van der Waals surface area (Å²) < 4.78 is 7.25. The topological polar surface area (TPSA) is 41.8 Å². The highest BCUT2D eigenvalue weighted by molar-refractivity contribution is 9.13. The Kier molecular flexibility index (Phi) is 4.44. The van der Waals surface area contributed by atoms with Crippen LogP contribution in [-0.2, 0) is 0 Å². The minimum absolute atomic E-state index is 0.106. The molecule has 0 aliphatic heterocycles. The lowest BCUT2D eigenvalue weighted by Crippen LogP contribution is -2.49. The Bertz CT molecular complexity index is 651. The van der Waals surface area contributed by atoms with Gasteiger partial charge in [0.05, 0.1) is 17.7 Å². The van der Waals surface area contributed by atoms with E-state index in [0.717, 1.165) is 26.7 Å². The fourth-order valence-electron chi connectivity index (χ4n) is 5.42. The molecule has 0 spiro atoms. The molecule has 130 valence electrons. The molecule has 4 saturated carbocycles. The zero-order valence-corrected chi connectivity index (χ0v) is 17.1. The van der Waals surface area contributed by atoms with E-state index >= 15 is 0 Å². The second-order valence-electron chi connectivity index (χ2n) is 7.77. The van der Waals surface area contributed by atoms with Crippen molar-refractivity contribution in [2.24, 2.45) is 22.7 Å². The molecule has 24 heavy (non-hydrogen) atoms. The molecule has 0 atom stereocenters. The zero-order valence-electron chi connectivity index (χ0n) is 13.9. The molecule has 1 N–H and O–H groups in total. The highest BCUT2D eigenvalue weighted by Crippen LogP contribution is 2.57. The SMILES string of the molecule is CCOc1cc(Br)c(Br)c(C=NC23CC4CC(CC(C4)C2)C3)c1O. The van der Waals surface area contributed by atoms with Gasteiger partial charge in [-0.2, -0.15) is 0 Å². The number of phenols is 1. The van der Waals surface area contributed by atoms with Crippen LogP contribution in [0.15, 0.2) is 20.0 Å². The van der Waals surface area contributed by atoms with Crippen LogP contribution in [0.3, 0.4) is 0 Å². The average molecular weight is 457 g/mol. The molecule has 0 amide bonds. The third-order valence-electron chi connectivity index (χ3n) is 5.97. The molecule has 5 rings (SSSR count). The van der Waals surface area contributed by atoms with Crippen molar-refractivity contribution >= 4 is 38.1 Å². The number of hydrogen-bond acceptors (Lipinski definition) is 3. The molecule has 3 nitrogen and oxygen atoms in total. The van der Waals surface area contributed by atoms with Gasteiger partial charge < -0.3 is 9.84 Å². The van der Waals surface area contributed by atoms with Gasteiger partial charge in [0.15, 0.2) is 11.5 Å². The Hall–Kier alpha value is -0.550. The Morgan fingerprint density at radius 2 is 1.79 bits per heavy atom. The molecule has 1 aromatic rings. The second kappa shape index (κ2) is 6.31. The molecule has 0 heterocycles. The van der Waals surface area contributed by atoms with Crippen LogP contribution in [0.25, 0.3) is 0 Å². The lowest BCUT2D eigenvalue weighted by atomic mass is 9.53. The van der Waals surface area contributed by atoms with Crippen molar-refractivity contribution in [3.05, 3.63) is 20.6 Å². The standard InChI is InChI=1S/C19H23Br2NO2/c1-2-24-16-6-15(20)17(21)14(18(16)23)10-22-19-7-11-3-12(8-19)5-13(4-11)9-19/h6,10-13,23H,2-5,7-9H2,1H3. The van der Waals surface area contributed by atoms with E-state index in [2.05, 4.69) is 31.9 Å². The van der Waals surface area contributed by atoms with Crippen molar-refractivity contribution in [1.29, 1.82) is 0 Å². The molecular weight excluding hydrogens is 434 g/mol. The van der Waals surface area contributed by atoms with Gasteiger partial charge in [0, 0.05) is 15.2 Å². The van der Waals surface area contributed by atoms with Crippen molar-refractivity contribution in [2.45, 2.75) is 51.0 Å². The zero-order chi connectivity index (χ0) is 16.9. The Balaban J connectivity index is 1.67. The number of ether oxygens (including phenoxy) is 1. The molecule has 4 bridgehead atoms. The summed E-state index contributed by atoms with van der Waals surface area (Å²) in [6.45, 7) is 2.44. The smallest absolute Gasteiger partial charge is 0.167 e. The third-order valence-corrected chi connectivity index (χ3v) is 7.98. The summed E-state index contributed by atoms with van der Waals surface area (Å²) in [7, 11) is 0. The van der Waals surface area contributed by atoms with E-state index < -0.39 is 0 Å². The number of phenolic OH excluding ortho intramolecular Hbond substituents is 1. The van der Waals surface area contributed by atoms with Gasteiger partial charge in [-0.1, -0.05) is 0 Å².